The molecule has 0 aliphatic heterocycles. The molecule has 1 heterocycles. The van der Waals surface area contributed by atoms with Crippen LogP contribution in [0.15, 0.2) is 35.7 Å². The van der Waals surface area contributed by atoms with Crippen molar-refractivity contribution in [3.8, 4) is 0 Å². The fourth-order valence-electron chi connectivity index (χ4n) is 2.42. The highest BCUT2D eigenvalue weighted by Gasteiger charge is 2.19. The van der Waals surface area contributed by atoms with Crippen molar-refractivity contribution in [1.82, 2.24) is 0 Å². The molecule has 1 atom stereocenters. The maximum Gasteiger partial charge on any atom is 0.339 e. The minimum Gasteiger partial charge on any atom is -0.465 e. The first-order valence-electron chi connectivity index (χ1n) is 7.88. The minimum absolute atomic E-state index is 0.171. The van der Waals surface area contributed by atoms with Gasteiger partial charge in [0, 0.05) is 0 Å². The molecule has 0 saturated carbocycles. The van der Waals surface area contributed by atoms with Gasteiger partial charge >= 0.3 is 11.9 Å². The Balaban J connectivity index is 2.13. The molecule has 7 nitrogen and oxygen atoms in total. The van der Waals surface area contributed by atoms with E-state index < -0.39 is 11.9 Å². The summed E-state index contributed by atoms with van der Waals surface area (Å²) in [4.78, 5) is 38.2. The Bertz CT molecular complexity index is 789. The Kier molecular flexibility index (Phi) is 6.88. The number of methoxy groups -OCH3 is 2. The number of rotatable bonds is 7. The number of ether oxygens (including phenoxy) is 2. The third-order valence-corrected chi connectivity index (χ3v) is 4.51. The van der Waals surface area contributed by atoms with Crippen LogP contribution in [0.2, 0.25) is 0 Å². The maximum atomic E-state index is 12.4. The number of amides is 1. The zero-order valence-electron chi connectivity index (χ0n) is 14.8. The van der Waals surface area contributed by atoms with Gasteiger partial charge < -0.3 is 19.7 Å². The summed E-state index contributed by atoms with van der Waals surface area (Å²) in [6.45, 7) is 0.929. The number of nitrogens with one attached hydrogen (secondary N) is 2. The van der Waals surface area contributed by atoms with Gasteiger partial charge in [-0.1, -0.05) is 6.07 Å². The predicted octanol–water partition coefficient (Wildman–Crippen LogP) is 0.975. The van der Waals surface area contributed by atoms with Crippen LogP contribution in [0.5, 0.6) is 0 Å². The number of carbonyl (C=O) groups excluding carboxylic acids is 3. The molecule has 1 aromatic heterocycles. The van der Waals surface area contributed by atoms with Crippen LogP contribution in [0, 0.1) is 0 Å². The van der Waals surface area contributed by atoms with E-state index >= 15 is 0 Å². The summed E-state index contributed by atoms with van der Waals surface area (Å²) in [7, 11) is 4.42. The molecular weight excluding hydrogens is 356 g/mol. The Hall–Kier alpha value is -2.71. The second kappa shape index (κ2) is 9.12. The highest BCUT2D eigenvalue weighted by Crippen LogP contribution is 2.19. The molecule has 1 aromatic carbocycles. The van der Waals surface area contributed by atoms with Gasteiger partial charge in [-0.25, -0.2) is 9.59 Å². The SMILES string of the molecule is COC(=O)c1ccc(C(=O)OC)c(NC(=O)C[NH+](C)Cc2cccs2)c1. The van der Waals surface area contributed by atoms with Crippen LogP contribution in [0.3, 0.4) is 0 Å². The van der Waals surface area contributed by atoms with Crippen molar-refractivity contribution in [2.75, 3.05) is 33.1 Å². The van der Waals surface area contributed by atoms with Crippen LogP contribution in [0.1, 0.15) is 25.6 Å². The summed E-state index contributed by atoms with van der Waals surface area (Å²) >= 11 is 1.63. The lowest BCUT2D eigenvalue weighted by Crippen LogP contribution is -3.08. The minimum atomic E-state index is -0.601. The Morgan fingerprint density at radius 2 is 1.85 bits per heavy atom. The predicted molar refractivity (Wildman–Crippen MR) is 97.5 cm³/mol. The highest BCUT2D eigenvalue weighted by atomic mass is 32.1. The summed E-state index contributed by atoms with van der Waals surface area (Å²) in [5.41, 5.74) is 0.618. The van der Waals surface area contributed by atoms with Crippen LogP contribution in [0.25, 0.3) is 0 Å². The summed E-state index contributed by atoms with van der Waals surface area (Å²) < 4.78 is 9.40. The van der Waals surface area contributed by atoms with Crippen molar-refractivity contribution < 1.29 is 28.8 Å². The van der Waals surface area contributed by atoms with Crippen LogP contribution < -0.4 is 10.2 Å². The summed E-state index contributed by atoms with van der Waals surface area (Å²) in [6, 6.07) is 8.26. The maximum absolute atomic E-state index is 12.4. The van der Waals surface area contributed by atoms with Crippen molar-refractivity contribution in [3.05, 3.63) is 51.7 Å². The van der Waals surface area contributed by atoms with E-state index in [0.29, 0.717) is 0 Å². The van der Waals surface area contributed by atoms with E-state index in [1.165, 1.54) is 37.3 Å². The van der Waals surface area contributed by atoms with Crippen molar-refractivity contribution in [2.45, 2.75) is 6.54 Å². The summed E-state index contributed by atoms with van der Waals surface area (Å²) in [5.74, 6) is -1.43. The molecule has 0 fully saturated rings. The van der Waals surface area contributed by atoms with Gasteiger partial charge in [0.1, 0.15) is 6.54 Å². The molecule has 0 saturated heterocycles. The topological polar surface area (TPSA) is 86.1 Å². The van der Waals surface area contributed by atoms with Gasteiger partial charge in [0.25, 0.3) is 5.91 Å². The largest absolute Gasteiger partial charge is 0.465 e. The van der Waals surface area contributed by atoms with Crippen molar-refractivity contribution in [1.29, 1.82) is 0 Å². The number of likely N-dealkylation sites (N-methyl/N-ethyl adjacent to an activating group) is 1. The molecule has 1 amide bonds. The molecule has 2 rings (SSSR count). The quantitative estimate of drug-likeness (QED) is 0.703. The van der Waals surface area contributed by atoms with E-state index in [-0.39, 0.29) is 29.3 Å². The highest BCUT2D eigenvalue weighted by molar-refractivity contribution is 7.09. The molecule has 0 aliphatic rings. The number of thiophene rings is 1. The molecule has 0 radical (unpaired) electrons. The van der Waals surface area contributed by atoms with Crippen molar-refractivity contribution >= 4 is 34.9 Å². The van der Waals surface area contributed by atoms with Crippen LogP contribution >= 0.6 is 11.3 Å². The first kappa shape index (κ1) is 19.6. The number of hydrogen-bond donors (Lipinski definition) is 2. The van der Waals surface area contributed by atoms with Gasteiger partial charge in [-0.15, -0.1) is 11.3 Å². The Labute approximate surface area is 155 Å². The molecule has 138 valence electrons. The monoisotopic (exact) mass is 377 g/mol. The van der Waals surface area contributed by atoms with Crippen molar-refractivity contribution in [3.63, 3.8) is 0 Å². The molecule has 2 N–H and O–H groups in total. The number of esters is 2. The molecular formula is C18H21N2O5S+. The first-order valence-corrected chi connectivity index (χ1v) is 8.76. The Morgan fingerprint density at radius 3 is 2.46 bits per heavy atom. The standard InChI is InChI=1S/C18H20N2O5S/c1-20(10-13-5-4-8-26-13)11-16(21)19-15-9-12(17(22)24-2)6-7-14(15)18(23)25-3/h4-9H,10-11H2,1-3H3,(H,19,21)/p+1. The van der Waals surface area contributed by atoms with Gasteiger partial charge in [-0.05, 0) is 29.6 Å². The third-order valence-electron chi connectivity index (χ3n) is 3.64. The number of hydrogen-bond acceptors (Lipinski definition) is 6. The lowest BCUT2D eigenvalue weighted by molar-refractivity contribution is -0.884. The van der Waals surface area contributed by atoms with E-state index in [4.69, 9.17) is 4.74 Å². The Morgan fingerprint density at radius 1 is 1.12 bits per heavy atom. The molecule has 8 heteroatoms. The number of carbonyl (C=O) groups is 3. The van der Waals surface area contributed by atoms with E-state index in [1.807, 2.05) is 24.6 Å². The normalized spacial score (nSPS) is 11.5. The van der Waals surface area contributed by atoms with Crippen LogP contribution in [-0.4, -0.2) is 45.7 Å². The zero-order chi connectivity index (χ0) is 19.1. The number of quaternary nitrogens is 1. The molecule has 2 aromatic rings. The van der Waals surface area contributed by atoms with Crippen LogP contribution in [-0.2, 0) is 20.8 Å². The third kappa shape index (κ3) is 5.14. The summed E-state index contributed by atoms with van der Waals surface area (Å²) in [5, 5.41) is 4.68. The zero-order valence-corrected chi connectivity index (χ0v) is 15.6. The summed E-state index contributed by atoms with van der Waals surface area (Å²) in [6.07, 6.45) is 0. The molecule has 26 heavy (non-hydrogen) atoms. The van der Waals surface area contributed by atoms with Gasteiger partial charge in [0.15, 0.2) is 6.54 Å². The van der Waals surface area contributed by atoms with Gasteiger partial charge in [-0.3, -0.25) is 4.79 Å². The van der Waals surface area contributed by atoms with Gasteiger partial charge in [0.05, 0.1) is 43.0 Å². The second-order valence-corrected chi connectivity index (χ2v) is 6.71. The van der Waals surface area contributed by atoms with E-state index in [1.54, 1.807) is 11.3 Å². The molecule has 0 spiro atoms. The fourth-order valence-corrected chi connectivity index (χ4v) is 3.24. The first-order chi connectivity index (χ1) is 12.4. The van der Waals surface area contributed by atoms with Crippen molar-refractivity contribution in [2.24, 2.45) is 0 Å². The number of benzene rings is 1. The molecule has 0 aliphatic carbocycles. The number of anilines is 1. The second-order valence-electron chi connectivity index (χ2n) is 5.68. The average Bonchev–Trinajstić information content (AvgIpc) is 3.12. The van der Waals surface area contributed by atoms with Gasteiger partial charge in [-0.2, -0.15) is 0 Å². The molecule has 1 unspecified atom stereocenters. The smallest absolute Gasteiger partial charge is 0.339 e. The fraction of sp³-hybridized carbons (Fsp3) is 0.278. The van der Waals surface area contributed by atoms with E-state index in [0.717, 1.165) is 11.4 Å². The van der Waals surface area contributed by atoms with Crippen LogP contribution in [0.4, 0.5) is 5.69 Å². The lowest BCUT2D eigenvalue weighted by atomic mass is 10.1. The average molecular weight is 377 g/mol. The molecule has 0 bridgehead atoms. The lowest BCUT2D eigenvalue weighted by Gasteiger charge is -2.15. The van der Waals surface area contributed by atoms with E-state index in [9.17, 15) is 14.4 Å². The van der Waals surface area contributed by atoms with E-state index in [2.05, 4.69) is 10.1 Å². The van der Waals surface area contributed by atoms with Gasteiger partial charge in [0.2, 0.25) is 0 Å².